The van der Waals surface area contributed by atoms with Gasteiger partial charge in [0.25, 0.3) is 5.91 Å². The third-order valence-electron chi connectivity index (χ3n) is 7.03. The lowest BCUT2D eigenvalue weighted by Gasteiger charge is -2.36. The van der Waals surface area contributed by atoms with E-state index in [1.165, 1.54) is 4.31 Å². The Morgan fingerprint density at radius 2 is 1.74 bits per heavy atom. The number of unbranched alkanes of at least 4 members (excludes halogenated alkanes) is 1. The second-order valence-corrected chi connectivity index (χ2v) is 11.4. The van der Waals surface area contributed by atoms with Gasteiger partial charge < -0.3 is 15.0 Å². The fraction of sp³-hybridized carbons (Fsp3) is 0.625. The van der Waals surface area contributed by atoms with Gasteiger partial charge in [0.05, 0.1) is 11.4 Å². The maximum Gasteiger partial charge on any atom is 0.262 e. The Hall–Kier alpha value is -2.46. The summed E-state index contributed by atoms with van der Waals surface area (Å²) in [6.45, 7) is 3.79. The molecule has 0 spiro atoms. The lowest BCUT2D eigenvalue weighted by molar-refractivity contribution is -0.138. The second-order valence-electron chi connectivity index (χ2n) is 9.35. The van der Waals surface area contributed by atoms with Crippen LogP contribution in [-0.2, 0) is 19.6 Å². The van der Waals surface area contributed by atoms with Gasteiger partial charge in [-0.25, -0.2) is 12.7 Å². The van der Waals surface area contributed by atoms with Crippen molar-refractivity contribution >= 4 is 33.3 Å². The van der Waals surface area contributed by atoms with Gasteiger partial charge in [-0.3, -0.25) is 14.4 Å². The predicted octanol–water partition coefficient (Wildman–Crippen LogP) is 2.28. The van der Waals surface area contributed by atoms with Crippen molar-refractivity contribution in [2.24, 2.45) is 11.8 Å². The topological polar surface area (TPSA) is 113 Å². The number of likely N-dealkylation sites (tertiary alicyclic amines) is 1. The highest BCUT2D eigenvalue weighted by Gasteiger charge is 2.35. The summed E-state index contributed by atoms with van der Waals surface area (Å²) in [5.41, 5.74) is 1.05. The zero-order valence-corrected chi connectivity index (χ0v) is 20.4. The van der Waals surface area contributed by atoms with Crippen LogP contribution in [0.25, 0.3) is 0 Å². The summed E-state index contributed by atoms with van der Waals surface area (Å²) in [6.07, 6.45) is 3.77. The summed E-state index contributed by atoms with van der Waals surface area (Å²) in [5.74, 6) is 0.245. The largest absolute Gasteiger partial charge is 0.482 e. The summed E-state index contributed by atoms with van der Waals surface area (Å²) in [4.78, 5) is 39.5. The number of ketones is 1. The first-order valence-corrected chi connectivity index (χ1v) is 13.8. The molecule has 2 amide bonds. The molecule has 3 heterocycles. The standard InChI is InChI=1S/C24H33N3O6S/c1-2-3-14-34(31,32)27-12-8-18(9-13-27)24(30)26-10-6-17(7-11-26)23(29)19-4-5-21-20(15-19)25-22(28)16-33-21/h4-5,15,17-18H,2-3,6-14,16H2,1H3,(H,25,28). The van der Waals surface area contributed by atoms with Gasteiger partial charge in [-0.05, 0) is 50.3 Å². The van der Waals surface area contributed by atoms with Crippen molar-refractivity contribution in [3.05, 3.63) is 23.8 Å². The number of sulfonamides is 1. The molecule has 0 unspecified atom stereocenters. The molecule has 186 valence electrons. The molecule has 1 N–H and O–H groups in total. The molecule has 9 nitrogen and oxygen atoms in total. The van der Waals surface area contributed by atoms with E-state index in [4.69, 9.17) is 4.74 Å². The molecule has 1 aromatic rings. The molecule has 4 rings (SSSR count). The van der Waals surface area contributed by atoms with Gasteiger partial charge in [-0.2, -0.15) is 0 Å². The van der Waals surface area contributed by atoms with Gasteiger partial charge in [0.1, 0.15) is 5.75 Å². The minimum absolute atomic E-state index is 0.0142. The van der Waals surface area contributed by atoms with E-state index in [0.717, 1.165) is 6.42 Å². The lowest BCUT2D eigenvalue weighted by atomic mass is 9.87. The third-order valence-corrected chi connectivity index (χ3v) is 8.98. The van der Waals surface area contributed by atoms with Gasteiger partial charge in [0, 0.05) is 43.6 Å². The highest BCUT2D eigenvalue weighted by molar-refractivity contribution is 7.89. The first kappa shape index (κ1) is 24.7. The number of amides is 2. The van der Waals surface area contributed by atoms with E-state index in [-0.39, 0.29) is 41.8 Å². The number of carbonyl (C=O) groups is 3. The highest BCUT2D eigenvalue weighted by atomic mass is 32.2. The van der Waals surface area contributed by atoms with Crippen molar-refractivity contribution in [2.75, 3.05) is 43.9 Å². The number of benzene rings is 1. The first-order valence-electron chi connectivity index (χ1n) is 12.2. The third kappa shape index (κ3) is 5.43. The van der Waals surface area contributed by atoms with Gasteiger partial charge >= 0.3 is 0 Å². The predicted molar refractivity (Wildman–Crippen MR) is 127 cm³/mol. The van der Waals surface area contributed by atoms with Gasteiger partial charge in [-0.1, -0.05) is 13.3 Å². The van der Waals surface area contributed by atoms with E-state index in [9.17, 15) is 22.8 Å². The summed E-state index contributed by atoms with van der Waals surface area (Å²) >= 11 is 0. The van der Waals surface area contributed by atoms with Crippen LogP contribution in [0, 0.1) is 11.8 Å². The molecule has 0 atom stereocenters. The van der Waals surface area contributed by atoms with Crippen molar-refractivity contribution in [2.45, 2.75) is 45.4 Å². The fourth-order valence-corrected chi connectivity index (χ4v) is 6.61. The van der Waals surface area contributed by atoms with Gasteiger partial charge in [0.2, 0.25) is 15.9 Å². The Labute approximate surface area is 200 Å². The lowest BCUT2D eigenvalue weighted by Crippen LogP contribution is -2.47. The minimum Gasteiger partial charge on any atom is -0.482 e. The maximum atomic E-state index is 13.0. The number of nitrogens with zero attached hydrogens (tertiary/aromatic N) is 2. The van der Waals surface area contributed by atoms with E-state index in [1.807, 2.05) is 11.8 Å². The zero-order chi connectivity index (χ0) is 24.3. The molecular weight excluding hydrogens is 458 g/mol. The van der Waals surface area contributed by atoms with Crippen molar-refractivity contribution < 1.29 is 27.5 Å². The summed E-state index contributed by atoms with van der Waals surface area (Å²) in [5, 5.41) is 2.73. The minimum atomic E-state index is -3.23. The van der Waals surface area contributed by atoms with Crippen molar-refractivity contribution in [1.82, 2.24) is 9.21 Å². The SMILES string of the molecule is CCCCS(=O)(=O)N1CCC(C(=O)N2CCC(C(=O)c3ccc4c(c3)NC(=O)CO4)CC2)CC1. The molecule has 0 saturated carbocycles. The van der Waals surface area contributed by atoms with E-state index >= 15 is 0 Å². The van der Waals surface area contributed by atoms with Crippen LogP contribution in [0.1, 0.15) is 55.8 Å². The molecule has 3 aliphatic rings. The van der Waals surface area contributed by atoms with E-state index in [1.54, 1.807) is 18.2 Å². The van der Waals surface area contributed by atoms with Crippen LogP contribution in [0.2, 0.25) is 0 Å². The fourth-order valence-electron chi connectivity index (χ4n) is 4.93. The smallest absolute Gasteiger partial charge is 0.262 e. The van der Waals surface area contributed by atoms with Crippen LogP contribution < -0.4 is 10.1 Å². The number of nitrogens with one attached hydrogen (secondary N) is 1. The number of hydrogen-bond donors (Lipinski definition) is 1. The summed E-state index contributed by atoms with van der Waals surface area (Å²) in [7, 11) is -3.23. The molecule has 34 heavy (non-hydrogen) atoms. The Kier molecular flexibility index (Phi) is 7.57. The quantitative estimate of drug-likeness (QED) is 0.586. The Bertz CT molecular complexity index is 1040. The van der Waals surface area contributed by atoms with Crippen LogP contribution >= 0.6 is 0 Å². The van der Waals surface area contributed by atoms with E-state index in [0.29, 0.717) is 75.3 Å². The average Bonchev–Trinajstić information content (AvgIpc) is 2.86. The Morgan fingerprint density at radius 1 is 1.06 bits per heavy atom. The van der Waals surface area contributed by atoms with Crippen LogP contribution in [0.4, 0.5) is 5.69 Å². The molecule has 10 heteroatoms. The average molecular weight is 492 g/mol. The number of Topliss-reactive ketones (excluding diaryl/α,β-unsaturated/α-hetero) is 1. The number of ether oxygens (including phenoxy) is 1. The number of piperidine rings is 2. The normalized spacial score (nSPS) is 20.4. The second kappa shape index (κ2) is 10.4. The van der Waals surface area contributed by atoms with Gasteiger partial charge in [-0.15, -0.1) is 0 Å². The molecule has 2 fully saturated rings. The van der Waals surface area contributed by atoms with Crippen molar-refractivity contribution in [3.8, 4) is 5.75 Å². The van der Waals surface area contributed by atoms with Gasteiger partial charge in [0.15, 0.2) is 12.4 Å². The number of anilines is 1. The molecule has 0 bridgehead atoms. The highest BCUT2D eigenvalue weighted by Crippen LogP contribution is 2.31. The zero-order valence-electron chi connectivity index (χ0n) is 19.6. The molecule has 0 aliphatic carbocycles. The Balaban J connectivity index is 1.28. The summed E-state index contributed by atoms with van der Waals surface area (Å²) in [6, 6.07) is 5.09. The summed E-state index contributed by atoms with van der Waals surface area (Å²) < 4.78 is 31.7. The van der Waals surface area contributed by atoms with Crippen molar-refractivity contribution in [3.63, 3.8) is 0 Å². The van der Waals surface area contributed by atoms with Crippen LogP contribution in [0.5, 0.6) is 5.75 Å². The number of carbonyl (C=O) groups excluding carboxylic acids is 3. The molecular formula is C24H33N3O6S. The molecule has 1 aromatic carbocycles. The maximum absolute atomic E-state index is 13.0. The van der Waals surface area contributed by atoms with Crippen LogP contribution in [0.15, 0.2) is 18.2 Å². The Morgan fingerprint density at radius 3 is 2.41 bits per heavy atom. The number of hydrogen-bond acceptors (Lipinski definition) is 6. The molecule has 3 aliphatic heterocycles. The molecule has 0 aromatic heterocycles. The molecule has 0 radical (unpaired) electrons. The molecule has 2 saturated heterocycles. The van der Waals surface area contributed by atoms with Crippen LogP contribution in [0.3, 0.4) is 0 Å². The van der Waals surface area contributed by atoms with E-state index < -0.39 is 10.0 Å². The van der Waals surface area contributed by atoms with Crippen molar-refractivity contribution in [1.29, 1.82) is 0 Å². The number of rotatable bonds is 7. The van der Waals surface area contributed by atoms with Crippen LogP contribution in [-0.4, -0.2) is 73.8 Å². The monoisotopic (exact) mass is 491 g/mol. The first-order chi connectivity index (χ1) is 16.3. The number of fused-ring (bicyclic) bond motifs is 1. The van der Waals surface area contributed by atoms with E-state index in [2.05, 4.69) is 5.32 Å².